The number of hydrogen-bond acceptors (Lipinski definition) is 1. The lowest BCUT2D eigenvalue weighted by atomic mass is 9.80. The average molecular weight is 243 g/mol. The van der Waals surface area contributed by atoms with Crippen molar-refractivity contribution >= 4 is 0 Å². The molecule has 0 heterocycles. The summed E-state index contributed by atoms with van der Waals surface area (Å²) < 4.78 is 0. The molecule has 2 aliphatic rings. The highest BCUT2D eigenvalue weighted by Gasteiger charge is 2.35. The van der Waals surface area contributed by atoms with Gasteiger partial charge in [-0.05, 0) is 56.9 Å². The van der Waals surface area contributed by atoms with Crippen molar-refractivity contribution in [2.75, 3.05) is 0 Å². The molecule has 2 fully saturated rings. The molecule has 0 aromatic heterocycles. The smallest absolute Gasteiger partial charge is 0.0351 e. The number of benzene rings is 1. The van der Waals surface area contributed by atoms with Gasteiger partial charge in [0.1, 0.15) is 0 Å². The normalized spacial score (nSPS) is 23.4. The Balaban J connectivity index is 1.69. The van der Waals surface area contributed by atoms with Crippen molar-refractivity contribution in [3.05, 3.63) is 35.4 Å². The highest BCUT2D eigenvalue weighted by atomic mass is 15.0. The Morgan fingerprint density at radius 3 is 2.17 bits per heavy atom. The molecule has 2 saturated carbocycles. The van der Waals surface area contributed by atoms with E-state index in [9.17, 15) is 0 Å². The van der Waals surface area contributed by atoms with Gasteiger partial charge >= 0.3 is 0 Å². The highest BCUT2D eigenvalue weighted by molar-refractivity contribution is 5.25. The molecule has 1 heteroatoms. The molecule has 1 aromatic rings. The largest absolute Gasteiger partial charge is 0.307 e. The van der Waals surface area contributed by atoms with Crippen LogP contribution in [0.2, 0.25) is 0 Å². The molecule has 1 nitrogen and oxygen atoms in total. The fraction of sp³-hybridized carbons (Fsp3) is 0.647. The Morgan fingerprint density at radius 2 is 1.67 bits per heavy atom. The lowest BCUT2D eigenvalue weighted by Crippen LogP contribution is -2.40. The molecule has 18 heavy (non-hydrogen) atoms. The van der Waals surface area contributed by atoms with Gasteiger partial charge in [0.05, 0.1) is 0 Å². The number of aryl methyl sites for hydroxylation is 1. The molecule has 1 aromatic carbocycles. The van der Waals surface area contributed by atoms with Crippen LogP contribution in [0, 0.1) is 18.8 Å². The van der Waals surface area contributed by atoms with Crippen LogP contribution in [0.15, 0.2) is 24.3 Å². The maximum Gasteiger partial charge on any atom is 0.0351 e. The maximum absolute atomic E-state index is 3.92. The third kappa shape index (κ3) is 2.61. The summed E-state index contributed by atoms with van der Waals surface area (Å²) in [5, 5.41) is 3.92. The van der Waals surface area contributed by atoms with E-state index < -0.39 is 0 Å². The zero-order valence-electron chi connectivity index (χ0n) is 11.7. The van der Waals surface area contributed by atoms with Gasteiger partial charge in [-0.1, -0.05) is 36.2 Å². The standard InChI is InChI=1S/C17H25N/c1-12-6-8-15(9-7-12)17(16-10-11-16)18-13(2)14-4-3-5-14/h6-9,13-14,16-18H,3-5,10-11H2,1-2H3. The van der Waals surface area contributed by atoms with Crippen LogP contribution in [-0.4, -0.2) is 6.04 Å². The van der Waals surface area contributed by atoms with E-state index in [1.54, 1.807) is 0 Å². The summed E-state index contributed by atoms with van der Waals surface area (Å²) in [6.45, 7) is 4.55. The van der Waals surface area contributed by atoms with Crippen LogP contribution < -0.4 is 5.32 Å². The minimum Gasteiger partial charge on any atom is -0.307 e. The molecule has 2 aliphatic carbocycles. The predicted molar refractivity (Wildman–Crippen MR) is 76.6 cm³/mol. The Labute approximate surface area is 111 Å². The summed E-state index contributed by atoms with van der Waals surface area (Å²) in [6, 6.07) is 10.4. The van der Waals surface area contributed by atoms with Crippen molar-refractivity contribution < 1.29 is 0 Å². The Kier molecular flexibility index (Phi) is 3.43. The van der Waals surface area contributed by atoms with Crippen molar-refractivity contribution in [2.24, 2.45) is 11.8 Å². The van der Waals surface area contributed by atoms with Gasteiger partial charge in [0, 0.05) is 12.1 Å². The summed E-state index contributed by atoms with van der Waals surface area (Å²) in [7, 11) is 0. The van der Waals surface area contributed by atoms with Crippen LogP contribution in [0.1, 0.15) is 56.2 Å². The summed E-state index contributed by atoms with van der Waals surface area (Å²) in [4.78, 5) is 0. The van der Waals surface area contributed by atoms with Crippen LogP contribution in [0.4, 0.5) is 0 Å². The molecule has 0 spiro atoms. The Hall–Kier alpha value is -0.820. The third-order valence-corrected chi connectivity index (χ3v) is 4.83. The summed E-state index contributed by atoms with van der Waals surface area (Å²) in [6.07, 6.45) is 7.11. The van der Waals surface area contributed by atoms with Crippen LogP contribution in [0.25, 0.3) is 0 Å². The number of hydrogen-bond donors (Lipinski definition) is 1. The highest BCUT2D eigenvalue weighted by Crippen LogP contribution is 2.42. The first-order valence-corrected chi connectivity index (χ1v) is 7.56. The first kappa shape index (κ1) is 12.2. The maximum atomic E-state index is 3.92. The minimum absolute atomic E-state index is 0.598. The number of nitrogens with one attached hydrogen (secondary N) is 1. The molecule has 0 radical (unpaired) electrons. The molecule has 2 atom stereocenters. The van der Waals surface area contributed by atoms with Gasteiger partial charge in [0.15, 0.2) is 0 Å². The molecule has 0 saturated heterocycles. The van der Waals surface area contributed by atoms with Gasteiger partial charge in [-0.15, -0.1) is 0 Å². The van der Waals surface area contributed by atoms with E-state index in [-0.39, 0.29) is 0 Å². The van der Waals surface area contributed by atoms with Gasteiger partial charge in [-0.2, -0.15) is 0 Å². The van der Waals surface area contributed by atoms with E-state index in [1.165, 1.54) is 43.2 Å². The van der Waals surface area contributed by atoms with Gasteiger partial charge in [0.25, 0.3) is 0 Å². The minimum atomic E-state index is 0.598. The summed E-state index contributed by atoms with van der Waals surface area (Å²) >= 11 is 0. The quantitative estimate of drug-likeness (QED) is 0.816. The van der Waals surface area contributed by atoms with Crippen molar-refractivity contribution in [3.8, 4) is 0 Å². The van der Waals surface area contributed by atoms with Crippen molar-refractivity contribution in [1.82, 2.24) is 5.32 Å². The van der Waals surface area contributed by atoms with Gasteiger partial charge in [-0.25, -0.2) is 0 Å². The first-order chi connectivity index (χ1) is 8.74. The molecule has 98 valence electrons. The van der Waals surface area contributed by atoms with Crippen molar-refractivity contribution in [2.45, 2.75) is 58.0 Å². The summed E-state index contributed by atoms with van der Waals surface area (Å²) in [5.74, 6) is 1.81. The molecule has 0 amide bonds. The van der Waals surface area contributed by atoms with Gasteiger partial charge < -0.3 is 5.32 Å². The van der Waals surface area contributed by atoms with E-state index >= 15 is 0 Å². The SMILES string of the molecule is Cc1ccc(C(NC(C)C2CCC2)C2CC2)cc1. The van der Waals surface area contributed by atoms with Crippen LogP contribution in [0.5, 0.6) is 0 Å². The zero-order valence-corrected chi connectivity index (χ0v) is 11.7. The molecular formula is C17H25N. The molecule has 1 N–H and O–H groups in total. The fourth-order valence-corrected chi connectivity index (χ4v) is 3.07. The van der Waals surface area contributed by atoms with Crippen LogP contribution in [-0.2, 0) is 0 Å². The molecule has 2 unspecified atom stereocenters. The van der Waals surface area contributed by atoms with Crippen LogP contribution in [0.3, 0.4) is 0 Å². The lowest BCUT2D eigenvalue weighted by molar-refractivity contribution is 0.221. The monoisotopic (exact) mass is 243 g/mol. The molecular weight excluding hydrogens is 218 g/mol. The average Bonchev–Trinajstić information content (AvgIpc) is 3.08. The summed E-state index contributed by atoms with van der Waals surface area (Å²) in [5.41, 5.74) is 2.86. The van der Waals surface area contributed by atoms with Crippen molar-refractivity contribution in [1.29, 1.82) is 0 Å². The topological polar surface area (TPSA) is 12.0 Å². The third-order valence-electron chi connectivity index (χ3n) is 4.83. The van der Waals surface area contributed by atoms with E-state index in [1.807, 2.05) is 0 Å². The lowest BCUT2D eigenvalue weighted by Gasteiger charge is -2.35. The van der Waals surface area contributed by atoms with Crippen molar-refractivity contribution in [3.63, 3.8) is 0 Å². The van der Waals surface area contributed by atoms with E-state index in [4.69, 9.17) is 0 Å². The second-order valence-corrected chi connectivity index (χ2v) is 6.37. The second-order valence-electron chi connectivity index (χ2n) is 6.37. The van der Waals surface area contributed by atoms with E-state index in [2.05, 4.69) is 43.4 Å². The molecule has 0 aliphatic heterocycles. The van der Waals surface area contributed by atoms with Gasteiger partial charge in [-0.3, -0.25) is 0 Å². The van der Waals surface area contributed by atoms with Gasteiger partial charge in [0.2, 0.25) is 0 Å². The zero-order chi connectivity index (χ0) is 12.5. The Bertz CT molecular complexity index is 387. The Morgan fingerprint density at radius 1 is 1.00 bits per heavy atom. The second kappa shape index (κ2) is 5.05. The molecule has 3 rings (SSSR count). The van der Waals surface area contributed by atoms with E-state index in [0.717, 1.165) is 11.8 Å². The predicted octanol–water partition coefficient (Wildman–Crippen LogP) is 4.22. The molecule has 0 bridgehead atoms. The number of rotatable bonds is 5. The fourth-order valence-electron chi connectivity index (χ4n) is 3.07. The first-order valence-electron chi connectivity index (χ1n) is 7.56. The van der Waals surface area contributed by atoms with E-state index in [0.29, 0.717) is 12.1 Å². The van der Waals surface area contributed by atoms with Crippen LogP contribution >= 0.6 is 0 Å².